The number of benzene rings is 2. The number of nitrogens with one attached hydrogen (secondary N) is 1. The molecule has 7 nitrogen and oxygen atoms in total. The van der Waals surface area contributed by atoms with Crippen molar-refractivity contribution in [1.29, 1.82) is 0 Å². The molecule has 1 aliphatic rings. The maximum atomic E-state index is 12.3. The zero-order valence-corrected chi connectivity index (χ0v) is 17.2. The Morgan fingerprint density at radius 2 is 1.93 bits per heavy atom. The third kappa shape index (κ3) is 4.29. The molecule has 1 amide bonds. The number of aliphatic imine (C=N–C) groups is 1. The van der Waals surface area contributed by atoms with Crippen LogP contribution in [-0.2, 0) is 4.79 Å². The summed E-state index contributed by atoms with van der Waals surface area (Å²) in [6, 6.07) is 15.1. The molecule has 30 heavy (non-hydrogen) atoms. The molecular formula is C21H14ClN3O4S. The number of furan rings is 1. The van der Waals surface area contributed by atoms with Crippen LogP contribution in [-0.4, -0.2) is 16.0 Å². The summed E-state index contributed by atoms with van der Waals surface area (Å²) in [6.45, 7) is 1.78. The number of thioether (sulfide) groups is 1. The van der Waals surface area contributed by atoms with Crippen molar-refractivity contribution in [3.05, 3.63) is 86.0 Å². The summed E-state index contributed by atoms with van der Waals surface area (Å²) in [6.07, 6.45) is 1.63. The van der Waals surface area contributed by atoms with Crippen LogP contribution < -0.4 is 5.32 Å². The molecule has 0 saturated carbocycles. The molecule has 150 valence electrons. The van der Waals surface area contributed by atoms with Crippen LogP contribution in [0.15, 0.2) is 68.9 Å². The van der Waals surface area contributed by atoms with E-state index in [9.17, 15) is 14.9 Å². The summed E-state index contributed by atoms with van der Waals surface area (Å²) in [4.78, 5) is 27.6. The fourth-order valence-corrected chi connectivity index (χ4v) is 3.80. The number of halogens is 1. The van der Waals surface area contributed by atoms with Gasteiger partial charge < -0.3 is 9.73 Å². The molecule has 1 fully saturated rings. The van der Waals surface area contributed by atoms with Crippen LogP contribution in [0.4, 0.5) is 11.4 Å². The van der Waals surface area contributed by atoms with Crippen LogP contribution in [0.1, 0.15) is 11.3 Å². The molecular weight excluding hydrogens is 426 g/mol. The van der Waals surface area contributed by atoms with E-state index in [0.717, 1.165) is 11.1 Å². The Morgan fingerprint density at radius 1 is 1.17 bits per heavy atom. The molecule has 0 unspecified atom stereocenters. The molecule has 2 aromatic carbocycles. The number of nitro benzene ring substituents is 1. The number of rotatable bonds is 4. The minimum absolute atomic E-state index is 0.0247. The van der Waals surface area contributed by atoms with Crippen LogP contribution in [0, 0.1) is 17.0 Å². The van der Waals surface area contributed by atoms with Gasteiger partial charge in [-0.2, -0.15) is 0 Å². The number of nitro groups is 1. The lowest BCUT2D eigenvalue weighted by Crippen LogP contribution is -2.19. The second-order valence-electron chi connectivity index (χ2n) is 6.42. The number of nitrogens with zero attached hydrogens (tertiary/aromatic N) is 2. The molecule has 0 spiro atoms. The molecule has 0 aliphatic carbocycles. The Morgan fingerprint density at radius 3 is 2.63 bits per heavy atom. The molecule has 1 N–H and O–H groups in total. The molecule has 1 saturated heterocycles. The van der Waals surface area contributed by atoms with E-state index in [1.54, 1.807) is 55.5 Å². The van der Waals surface area contributed by atoms with Crippen molar-refractivity contribution >= 4 is 51.9 Å². The maximum Gasteiger partial charge on any atom is 0.269 e. The van der Waals surface area contributed by atoms with Crippen molar-refractivity contribution in [2.24, 2.45) is 4.99 Å². The largest absolute Gasteiger partial charge is 0.457 e. The highest BCUT2D eigenvalue weighted by Crippen LogP contribution is 2.32. The first-order chi connectivity index (χ1) is 14.4. The Bertz CT molecular complexity index is 1220. The van der Waals surface area contributed by atoms with Gasteiger partial charge in [-0.15, -0.1) is 0 Å². The summed E-state index contributed by atoms with van der Waals surface area (Å²) in [5.74, 6) is 0.790. The van der Waals surface area contributed by atoms with Crippen molar-refractivity contribution in [1.82, 2.24) is 5.32 Å². The lowest BCUT2D eigenvalue weighted by Gasteiger charge is -2.02. The topological polar surface area (TPSA) is 97.7 Å². The van der Waals surface area contributed by atoms with E-state index >= 15 is 0 Å². The highest BCUT2D eigenvalue weighted by Gasteiger charge is 2.24. The van der Waals surface area contributed by atoms with E-state index < -0.39 is 4.92 Å². The molecule has 0 bridgehead atoms. The number of amidine groups is 1. The molecule has 3 aromatic rings. The lowest BCUT2D eigenvalue weighted by atomic mass is 10.1. The van der Waals surface area contributed by atoms with Gasteiger partial charge in [0.15, 0.2) is 5.17 Å². The van der Waals surface area contributed by atoms with Crippen LogP contribution in [0.2, 0.25) is 5.02 Å². The number of aryl methyl sites for hydroxylation is 1. The van der Waals surface area contributed by atoms with Crippen LogP contribution >= 0.6 is 23.4 Å². The first kappa shape index (κ1) is 19.9. The van der Waals surface area contributed by atoms with Crippen molar-refractivity contribution in [3.8, 4) is 11.3 Å². The SMILES string of the molecule is Cc1cc([N+](=O)[O-])ccc1-c1ccc(/C=C2\SC(=Nc3ccc(Cl)cc3)NC2=O)o1. The molecule has 4 rings (SSSR count). The minimum Gasteiger partial charge on any atom is -0.457 e. The van der Waals surface area contributed by atoms with E-state index in [0.29, 0.717) is 32.3 Å². The summed E-state index contributed by atoms with van der Waals surface area (Å²) in [7, 11) is 0. The molecule has 0 radical (unpaired) electrons. The lowest BCUT2D eigenvalue weighted by molar-refractivity contribution is -0.384. The molecule has 0 atom stereocenters. The average molecular weight is 440 g/mol. The zero-order valence-electron chi connectivity index (χ0n) is 15.6. The second kappa shape index (κ2) is 8.17. The number of amides is 1. The van der Waals surface area contributed by atoms with E-state index in [1.165, 1.54) is 23.9 Å². The van der Waals surface area contributed by atoms with Crippen molar-refractivity contribution < 1.29 is 14.1 Å². The molecule has 2 heterocycles. The van der Waals surface area contributed by atoms with Gasteiger partial charge in [0, 0.05) is 28.8 Å². The average Bonchev–Trinajstić information content (AvgIpc) is 3.30. The zero-order chi connectivity index (χ0) is 21.3. The van der Waals surface area contributed by atoms with Gasteiger partial charge in [0.05, 0.1) is 15.5 Å². The Balaban J connectivity index is 1.55. The fraction of sp³-hybridized carbons (Fsp3) is 0.0476. The van der Waals surface area contributed by atoms with Gasteiger partial charge in [-0.3, -0.25) is 14.9 Å². The van der Waals surface area contributed by atoms with Gasteiger partial charge >= 0.3 is 0 Å². The van der Waals surface area contributed by atoms with Gasteiger partial charge in [0.1, 0.15) is 11.5 Å². The first-order valence-corrected chi connectivity index (χ1v) is 9.99. The number of hydrogen-bond donors (Lipinski definition) is 1. The van der Waals surface area contributed by atoms with Crippen LogP contribution in [0.5, 0.6) is 0 Å². The van der Waals surface area contributed by atoms with Crippen LogP contribution in [0.25, 0.3) is 17.4 Å². The van der Waals surface area contributed by atoms with E-state index in [1.807, 2.05) is 0 Å². The monoisotopic (exact) mass is 439 g/mol. The Hall–Kier alpha value is -3.36. The van der Waals surface area contributed by atoms with Crippen LogP contribution in [0.3, 0.4) is 0 Å². The Kier molecular flexibility index (Phi) is 5.43. The number of non-ortho nitro benzene ring substituents is 1. The van der Waals surface area contributed by atoms with Crippen molar-refractivity contribution in [2.45, 2.75) is 6.92 Å². The Labute approximate surface area is 180 Å². The second-order valence-corrected chi connectivity index (χ2v) is 7.88. The minimum atomic E-state index is -0.437. The van der Waals surface area contributed by atoms with Gasteiger partial charge in [0.2, 0.25) is 0 Å². The highest BCUT2D eigenvalue weighted by molar-refractivity contribution is 8.18. The quantitative estimate of drug-likeness (QED) is 0.319. The predicted molar refractivity (Wildman–Crippen MR) is 118 cm³/mol. The van der Waals surface area contributed by atoms with E-state index in [-0.39, 0.29) is 11.6 Å². The standard InChI is InChI=1S/C21H14ClN3O4S/c1-12-10-15(25(27)28)6-8-17(12)18-9-7-16(29-18)11-19-20(26)24-21(30-19)23-14-4-2-13(22)3-5-14/h2-11H,1H3,(H,23,24,26)/b19-11-. The fourth-order valence-electron chi connectivity index (χ4n) is 2.86. The first-order valence-electron chi connectivity index (χ1n) is 8.79. The number of carbonyl (C=O) groups excluding carboxylic acids is 1. The number of carbonyl (C=O) groups is 1. The predicted octanol–water partition coefficient (Wildman–Crippen LogP) is 5.71. The molecule has 1 aromatic heterocycles. The van der Waals surface area contributed by atoms with Crippen molar-refractivity contribution in [3.63, 3.8) is 0 Å². The van der Waals surface area contributed by atoms with Gasteiger partial charge in [0.25, 0.3) is 11.6 Å². The molecule has 9 heteroatoms. The van der Waals surface area contributed by atoms with Gasteiger partial charge in [-0.25, -0.2) is 4.99 Å². The number of hydrogen-bond acceptors (Lipinski definition) is 6. The normalized spacial score (nSPS) is 16.3. The summed E-state index contributed by atoms with van der Waals surface area (Å²) in [5.41, 5.74) is 2.18. The molecule has 1 aliphatic heterocycles. The van der Waals surface area contributed by atoms with E-state index in [4.69, 9.17) is 16.0 Å². The summed E-state index contributed by atoms with van der Waals surface area (Å²) >= 11 is 7.08. The van der Waals surface area contributed by atoms with Crippen molar-refractivity contribution in [2.75, 3.05) is 0 Å². The third-order valence-electron chi connectivity index (χ3n) is 4.29. The maximum absolute atomic E-state index is 12.3. The third-order valence-corrected chi connectivity index (χ3v) is 5.46. The van der Waals surface area contributed by atoms with Gasteiger partial charge in [-0.05, 0) is 66.7 Å². The summed E-state index contributed by atoms with van der Waals surface area (Å²) in [5, 5.41) is 14.7. The smallest absolute Gasteiger partial charge is 0.269 e. The summed E-state index contributed by atoms with van der Waals surface area (Å²) < 4.78 is 5.83. The highest BCUT2D eigenvalue weighted by atomic mass is 35.5. The van der Waals surface area contributed by atoms with E-state index in [2.05, 4.69) is 10.3 Å². The van der Waals surface area contributed by atoms with Gasteiger partial charge in [-0.1, -0.05) is 11.6 Å².